The van der Waals surface area contributed by atoms with Crippen LogP contribution in [0, 0.1) is 17.8 Å². The lowest BCUT2D eigenvalue weighted by Crippen LogP contribution is -2.62. The molecule has 0 heterocycles. The summed E-state index contributed by atoms with van der Waals surface area (Å²) in [6, 6.07) is 18.3. The Balaban J connectivity index is 1.46. The van der Waals surface area contributed by atoms with E-state index in [1.165, 1.54) is 44.1 Å². The van der Waals surface area contributed by atoms with Crippen molar-refractivity contribution in [1.29, 1.82) is 0 Å². The molecule has 28 heavy (non-hydrogen) atoms. The normalized spacial score (nSPS) is 30.2. The molecule has 4 aliphatic carbocycles. The summed E-state index contributed by atoms with van der Waals surface area (Å²) < 4.78 is 1.07. The van der Waals surface area contributed by atoms with Crippen molar-refractivity contribution in [1.82, 2.24) is 4.90 Å². The summed E-state index contributed by atoms with van der Waals surface area (Å²) in [6.45, 7) is 0.671. The highest BCUT2D eigenvalue weighted by molar-refractivity contribution is 9.10. The fraction of sp³-hybridized carbons (Fsp3) is 0.458. The third kappa shape index (κ3) is 3.47. The second kappa shape index (κ2) is 7.22. The van der Waals surface area contributed by atoms with Crippen LogP contribution < -0.4 is 5.32 Å². The lowest BCUT2D eigenvalue weighted by molar-refractivity contribution is -0.0712. The van der Waals surface area contributed by atoms with Crippen molar-refractivity contribution in [3.05, 3.63) is 64.6 Å². The van der Waals surface area contributed by atoms with Crippen molar-refractivity contribution < 1.29 is 4.79 Å². The van der Waals surface area contributed by atoms with Crippen LogP contribution in [0.1, 0.15) is 44.1 Å². The highest BCUT2D eigenvalue weighted by Crippen LogP contribution is 2.58. The average molecular weight is 439 g/mol. The molecule has 0 spiro atoms. The Labute approximate surface area is 175 Å². The van der Waals surface area contributed by atoms with Crippen molar-refractivity contribution in [2.24, 2.45) is 17.8 Å². The number of hydrogen-bond donors (Lipinski definition) is 1. The van der Waals surface area contributed by atoms with Crippen molar-refractivity contribution in [3.8, 4) is 0 Å². The van der Waals surface area contributed by atoms with Gasteiger partial charge in [0, 0.05) is 22.2 Å². The Morgan fingerprint density at radius 1 is 0.964 bits per heavy atom. The Hall–Kier alpha value is -1.81. The van der Waals surface area contributed by atoms with E-state index in [2.05, 4.69) is 44.3 Å². The number of urea groups is 1. The molecular formula is C24H27BrN2O. The second-order valence-electron chi connectivity index (χ2n) is 9.15. The summed E-state index contributed by atoms with van der Waals surface area (Å²) in [5.74, 6) is 2.42. The fourth-order valence-electron chi connectivity index (χ4n) is 6.38. The fourth-order valence-corrected chi connectivity index (χ4v) is 6.83. The number of amides is 2. The summed E-state index contributed by atoms with van der Waals surface area (Å²) >= 11 is 3.59. The second-order valence-corrected chi connectivity index (χ2v) is 10.1. The van der Waals surface area contributed by atoms with Gasteiger partial charge in [-0.15, -0.1) is 0 Å². The average Bonchev–Trinajstić information content (AvgIpc) is 2.66. The lowest BCUT2D eigenvalue weighted by Gasteiger charge is -2.60. The quantitative estimate of drug-likeness (QED) is 0.583. The molecule has 0 aliphatic heterocycles. The largest absolute Gasteiger partial charge is 0.322 e. The summed E-state index contributed by atoms with van der Waals surface area (Å²) in [7, 11) is 0. The van der Waals surface area contributed by atoms with E-state index in [1.807, 2.05) is 36.4 Å². The van der Waals surface area contributed by atoms with Crippen LogP contribution in [0.5, 0.6) is 0 Å². The molecule has 3 nitrogen and oxygen atoms in total. The van der Waals surface area contributed by atoms with E-state index in [-0.39, 0.29) is 11.6 Å². The number of hydrogen-bond acceptors (Lipinski definition) is 1. The van der Waals surface area contributed by atoms with Crippen molar-refractivity contribution in [2.45, 2.75) is 50.6 Å². The minimum atomic E-state index is 0.0237. The number of rotatable bonds is 4. The topological polar surface area (TPSA) is 32.3 Å². The molecule has 4 fully saturated rings. The lowest BCUT2D eigenvalue weighted by atomic mass is 9.52. The van der Waals surface area contributed by atoms with E-state index in [4.69, 9.17) is 0 Å². The molecule has 2 aromatic rings. The summed E-state index contributed by atoms with van der Waals surface area (Å²) in [5, 5.41) is 3.18. The predicted octanol–water partition coefficient (Wildman–Crippen LogP) is 6.45. The number of benzene rings is 2. The number of nitrogens with one attached hydrogen (secondary N) is 1. The first kappa shape index (κ1) is 18.2. The first-order valence-corrected chi connectivity index (χ1v) is 11.3. The number of carbonyl (C=O) groups excluding carboxylic acids is 1. The molecule has 146 valence electrons. The van der Waals surface area contributed by atoms with E-state index < -0.39 is 0 Å². The zero-order valence-electron chi connectivity index (χ0n) is 16.1. The van der Waals surface area contributed by atoms with Crippen LogP contribution >= 0.6 is 15.9 Å². The Morgan fingerprint density at radius 3 is 2.21 bits per heavy atom. The Morgan fingerprint density at radius 2 is 1.61 bits per heavy atom. The molecular weight excluding hydrogens is 412 g/mol. The van der Waals surface area contributed by atoms with E-state index >= 15 is 0 Å². The zero-order valence-corrected chi connectivity index (χ0v) is 17.7. The summed E-state index contributed by atoms with van der Waals surface area (Å²) in [5.41, 5.74) is 2.08. The molecule has 0 aromatic heterocycles. The minimum Gasteiger partial charge on any atom is -0.315 e. The van der Waals surface area contributed by atoms with Crippen molar-refractivity contribution in [2.75, 3.05) is 5.32 Å². The first-order valence-electron chi connectivity index (χ1n) is 10.5. The number of carbonyl (C=O) groups is 1. The monoisotopic (exact) mass is 438 g/mol. The van der Waals surface area contributed by atoms with Gasteiger partial charge in [0.25, 0.3) is 0 Å². The molecule has 6 rings (SSSR count). The standard InChI is InChI=1S/C24H27BrN2O/c25-21-6-4-5-17(12-21)16-27(23(28)26-22-7-2-1-3-8-22)24-13-18-9-19(14-24)11-20(10-18)15-24/h1-8,12,18-20H,9-11,13-16H2,(H,26,28). The maximum atomic E-state index is 13.5. The maximum absolute atomic E-state index is 13.5. The van der Waals surface area contributed by atoms with Crippen LogP contribution in [0.3, 0.4) is 0 Å². The molecule has 0 saturated heterocycles. The van der Waals surface area contributed by atoms with Gasteiger partial charge in [0.05, 0.1) is 0 Å². The van der Waals surface area contributed by atoms with Crippen LogP contribution in [-0.2, 0) is 6.54 Å². The summed E-state index contributed by atoms with van der Waals surface area (Å²) in [6.07, 6.45) is 7.67. The molecule has 4 heteroatoms. The van der Waals surface area contributed by atoms with Crippen molar-refractivity contribution in [3.63, 3.8) is 0 Å². The van der Waals surface area contributed by atoms with Gasteiger partial charge in [-0.05, 0) is 86.1 Å². The Bertz CT molecular complexity index is 831. The van der Waals surface area contributed by atoms with Crippen LogP contribution in [0.2, 0.25) is 0 Å². The molecule has 4 aliphatic rings. The molecule has 4 bridgehead atoms. The SMILES string of the molecule is O=C(Nc1ccccc1)N(Cc1cccc(Br)c1)C12CC3CC(CC(C3)C1)C2. The predicted molar refractivity (Wildman–Crippen MR) is 116 cm³/mol. The van der Waals surface area contributed by atoms with Crippen LogP contribution in [0.4, 0.5) is 10.5 Å². The minimum absolute atomic E-state index is 0.0237. The first-order chi connectivity index (χ1) is 13.6. The number of para-hydroxylation sites is 1. The number of nitrogens with zero attached hydrogens (tertiary/aromatic N) is 1. The van der Waals surface area contributed by atoms with Gasteiger partial charge in [0.15, 0.2) is 0 Å². The Kier molecular flexibility index (Phi) is 4.70. The third-order valence-corrected chi connectivity index (χ3v) is 7.57. The van der Waals surface area contributed by atoms with E-state index in [1.54, 1.807) is 0 Å². The van der Waals surface area contributed by atoms with Gasteiger partial charge in [-0.1, -0.05) is 46.3 Å². The van der Waals surface area contributed by atoms with Crippen LogP contribution in [0.15, 0.2) is 59.1 Å². The summed E-state index contributed by atoms with van der Waals surface area (Å²) in [4.78, 5) is 15.7. The van der Waals surface area contributed by atoms with Gasteiger partial charge in [-0.3, -0.25) is 0 Å². The van der Waals surface area contributed by atoms with E-state index in [9.17, 15) is 4.79 Å². The van der Waals surface area contributed by atoms with Gasteiger partial charge in [0.2, 0.25) is 0 Å². The van der Waals surface area contributed by atoms with Gasteiger partial charge in [0.1, 0.15) is 0 Å². The third-order valence-electron chi connectivity index (χ3n) is 7.08. The van der Waals surface area contributed by atoms with Crippen LogP contribution in [0.25, 0.3) is 0 Å². The molecule has 2 amide bonds. The number of halogens is 1. The molecule has 4 saturated carbocycles. The molecule has 0 radical (unpaired) electrons. The van der Waals surface area contributed by atoms with Gasteiger partial charge in [-0.2, -0.15) is 0 Å². The smallest absolute Gasteiger partial charge is 0.315 e. The van der Waals surface area contributed by atoms with Crippen molar-refractivity contribution >= 4 is 27.6 Å². The van der Waals surface area contributed by atoms with Gasteiger partial charge < -0.3 is 10.2 Å². The highest BCUT2D eigenvalue weighted by atomic mass is 79.9. The van der Waals surface area contributed by atoms with Gasteiger partial charge >= 0.3 is 6.03 Å². The zero-order chi connectivity index (χ0) is 19.1. The number of anilines is 1. The highest BCUT2D eigenvalue weighted by Gasteiger charge is 2.54. The molecule has 1 N–H and O–H groups in total. The van der Waals surface area contributed by atoms with Gasteiger partial charge in [-0.25, -0.2) is 4.79 Å². The molecule has 2 aromatic carbocycles. The molecule has 0 unspecified atom stereocenters. The van der Waals surface area contributed by atoms with E-state index in [0.717, 1.165) is 27.9 Å². The van der Waals surface area contributed by atoms with Crippen LogP contribution in [-0.4, -0.2) is 16.5 Å². The maximum Gasteiger partial charge on any atom is 0.322 e. The molecule has 0 atom stereocenters. The van der Waals surface area contributed by atoms with E-state index in [0.29, 0.717) is 6.54 Å².